The van der Waals surface area contributed by atoms with Crippen molar-refractivity contribution >= 4 is 38.0 Å². The summed E-state index contributed by atoms with van der Waals surface area (Å²) in [4.78, 5) is 15.2. The minimum absolute atomic E-state index is 0.0209. The maximum absolute atomic E-state index is 15.2. The van der Waals surface area contributed by atoms with E-state index in [1.165, 1.54) is 94.6 Å². The quantitative estimate of drug-likeness (QED) is 0.151. The van der Waals surface area contributed by atoms with Crippen molar-refractivity contribution in [1.29, 1.82) is 0 Å². The van der Waals surface area contributed by atoms with Crippen LogP contribution in [0.5, 0.6) is 0 Å². The number of hydrogen-bond acceptors (Lipinski definition) is 1. The van der Waals surface area contributed by atoms with Crippen LogP contribution in [0.15, 0.2) is 217 Å². The van der Waals surface area contributed by atoms with Gasteiger partial charge in [0.25, 0.3) is 5.56 Å². The molecule has 12 aromatic rings. The van der Waals surface area contributed by atoms with Gasteiger partial charge in [-0.25, -0.2) is 0 Å². The number of fused-ring (bicyclic) bond motifs is 25. The van der Waals surface area contributed by atoms with Gasteiger partial charge in [0.05, 0.1) is 21.9 Å². The van der Waals surface area contributed by atoms with E-state index in [-0.39, 0.29) is 5.56 Å². The van der Waals surface area contributed by atoms with Crippen molar-refractivity contribution in [3.8, 4) is 55.6 Å². The fourth-order valence-corrected chi connectivity index (χ4v) is 13.7. The van der Waals surface area contributed by atoms with Crippen molar-refractivity contribution in [3.63, 3.8) is 0 Å². The number of pyridine rings is 1. The first-order valence-corrected chi connectivity index (χ1v) is 22.7. The normalized spacial score (nSPS) is 14.8. The van der Waals surface area contributed by atoms with Crippen LogP contribution in [0.1, 0.15) is 44.5 Å². The monoisotopic (exact) mass is 821 g/mol. The highest BCUT2D eigenvalue weighted by atomic mass is 16.1. The van der Waals surface area contributed by atoms with E-state index >= 15 is 4.79 Å². The van der Waals surface area contributed by atoms with Crippen molar-refractivity contribution in [2.24, 2.45) is 0 Å². The van der Waals surface area contributed by atoms with Gasteiger partial charge in [0.2, 0.25) is 0 Å². The molecular weight excluding hydrogens is 787 g/mol. The molecule has 0 saturated carbocycles. The highest BCUT2D eigenvalue weighted by Crippen LogP contribution is 2.65. The third-order valence-corrected chi connectivity index (χ3v) is 16.0. The first kappa shape index (κ1) is 34.2. The van der Waals surface area contributed by atoms with Gasteiger partial charge in [-0.15, -0.1) is 0 Å². The fourth-order valence-electron chi connectivity index (χ4n) is 13.7. The summed E-state index contributed by atoms with van der Waals surface area (Å²) in [5, 5.41) is 4.99. The second-order valence-electron chi connectivity index (χ2n) is 18.5. The molecule has 65 heavy (non-hydrogen) atoms. The molecule has 2 nitrogen and oxygen atoms in total. The average Bonchev–Trinajstić information content (AvgIpc) is 4.12. The van der Waals surface area contributed by atoms with E-state index < -0.39 is 10.8 Å². The van der Waals surface area contributed by atoms with Crippen LogP contribution in [0.25, 0.3) is 93.6 Å². The lowest BCUT2D eigenvalue weighted by molar-refractivity contribution is 0.794. The molecule has 2 spiro atoms. The molecular formula is C63H35NO. The molecule has 0 unspecified atom stereocenters. The summed E-state index contributed by atoms with van der Waals surface area (Å²) in [7, 11) is 0. The van der Waals surface area contributed by atoms with Crippen molar-refractivity contribution in [3.05, 3.63) is 267 Å². The SMILES string of the molecule is O=c1c2ccccc2c2cc(-c3cccc4c3-c3ccccc3C43c4ccccc4-c4ccccc43)cc3c4cc5c(cc4n1c23)C1(c2ccccc2-c2ccccc21)c1ccccc1-5. The van der Waals surface area contributed by atoms with E-state index in [1.54, 1.807) is 0 Å². The molecule has 0 fully saturated rings. The lowest BCUT2D eigenvalue weighted by Gasteiger charge is -2.30. The standard InChI is InChI=1S/C63H35NO/c65-61-44-22-2-1-16-38(44)48-32-36(37-24-15-31-56-59(37)45-23-8-14-30-55(45)62(56)50-25-9-3-17-39(50)40-18-4-10-26-51(40)62)33-49-47-34-46-43-21-7-13-29-54(43)63(57(46)35-58(47)64(61)60(48)49)52-27-11-5-19-41(52)42-20-6-12-28-53(42)63/h1-35H. The lowest BCUT2D eigenvalue weighted by Crippen LogP contribution is -2.26. The highest BCUT2D eigenvalue weighted by molar-refractivity contribution is 6.23. The van der Waals surface area contributed by atoms with Crippen LogP contribution in [0, 0.1) is 0 Å². The molecule has 0 saturated heterocycles. The van der Waals surface area contributed by atoms with Gasteiger partial charge in [-0.2, -0.15) is 0 Å². The van der Waals surface area contributed by atoms with E-state index in [0.29, 0.717) is 0 Å². The maximum Gasteiger partial charge on any atom is 0.263 e. The fraction of sp³-hybridized carbons (Fsp3) is 0.0317. The van der Waals surface area contributed by atoms with Gasteiger partial charge in [0.15, 0.2) is 0 Å². The van der Waals surface area contributed by atoms with Gasteiger partial charge in [0.1, 0.15) is 0 Å². The Morgan fingerprint density at radius 1 is 0.292 bits per heavy atom. The first-order valence-electron chi connectivity index (χ1n) is 22.7. The Balaban J connectivity index is 1.04. The summed E-state index contributed by atoms with van der Waals surface area (Å²) in [6.07, 6.45) is 0. The molecule has 10 aromatic carbocycles. The summed E-state index contributed by atoms with van der Waals surface area (Å²) in [6.45, 7) is 0. The van der Waals surface area contributed by atoms with Gasteiger partial charge in [-0.3, -0.25) is 9.20 Å². The van der Waals surface area contributed by atoms with Crippen molar-refractivity contribution in [1.82, 2.24) is 4.40 Å². The Morgan fingerprint density at radius 2 is 0.692 bits per heavy atom. The predicted molar refractivity (Wildman–Crippen MR) is 265 cm³/mol. The third-order valence-electron chi connectivity index (χ3n) is 16.0. The number of nitrogens with zero attached hydrogens (tertiary/aromatic N) is 1. The van der Waals surface area contributed by atoms with Crippen molar-refractivity contribution in [2.45, 2.75) is 10.8 Å². The Labute approximate surface area is 374 Å². The summed E-state index contributed by atoms with van der Waals surface area (Å²) in [5.41, 5.74) is 24.0. The number of benzene rings is 10. The maximum atomic E-state index is 15.2. The molecule has 0 atom stereocenters. The van der Waals surface area contributed by atoms with Crippen LogP contribution in [-0.4, -0.2) is 4.40 Å². The van der Waals surface area contributed by atoms with E-state index in [4.69, 9.17) is 0 Å². The van der Waals surface area contributed by atoms with Gasteiger partial charge in [-0.05, 0) is 136 Å². The van der Waals surface area contributed by atoms with Crippen LogP contribution >= 0.6 is 0 Å². The predicted octanol–water partition coefficient (Wildman–Crippen LogP) is 14.6. The summed E-state index contributed by atoms with van der Waals surface area (Å²) < 4.78 is 2.04. The van der Waals surface area contributed by atoms with E-state index in [9.17, 15) is 0 Å². The second kappa shape index (κ2) is 11.6. The van der Waals surface area contributed by atoms with Crippen LogP contribution < -0.4 is 5.56 Å². The molecule has 4 aliphatic carbocycles. The summed E-state index contributed by atoms with van der Waals surface area (Å²) in [5.74, 6) is 0. The molecule has 16 rings (SSSR count). The van der Waals surface area contributed by atoms with Crippen molar-refractivity contribution < 1.29 is 0 Å². The Kier molecular flexibility index (Phi) is 6.11. The Bertz CT molecular complexity index is 4130. The first-order chi connectivity index (χ1) is 32.2. The number of aromatic nitrogens is 1. The molecule has 0 amide bonds. The Morgan fingerprint density at radius 3 is 1.25 bits per heavy atom. The number of rotatable bonds is 1. The smallest absolute Gasteiger partial charge is 0.263 e. The average molecular weight is 822 g/mol. The van der Waals surface area contributed by atoms with Gasteiger partial charge in [0, 0.05) is 21.5 Å². The molecule has 0 aliphatic heterocycles. The van der Waals surface area contributed by atoms with Crippen LogP contribution in [0.2, 0.25) is 0 Å². The van der Waals surface area contributed by atoms with Crippen molar-refractivity contribution in [2.75, 3.05) is 0 Å². The lowest BCUT2D eigenvalue weighted by atomic mass is 9.70. The molecule has 2 heterocycles. The van der Waals surface area contributed by atoms with Crippen LogP contribution in [-0.2, 0) is 10.8 Å². The Hall–Kier alpha value is -8.33. The molecule has 0 radical (unpaired) electrons. The molecule has 0 N–H and O–H groups in total. The van der Waals surface area contributed by atoms with E-state index in [1.807, 2.05) is 16.5 Å². The molecule has 0 bridgehead atoms. The van der Waals surface area contributed by atoms with Gasteiger partial charge >= 0.3 is 0 Å². The van der Waals surface area contributed by atoms with Crippen LogP contribution in [0.4, 0.5) is 0 Å². The zero-order valence-corrected chi connectivity index (χ0v) is 35.1. The topological polar surface area (TPSA) is 21.5 Å². The minimum Gasteiger partial charge on any atom is -0.275 e. The second-order valence-corrected chi connectivity index (χ2v) is 18.5. The highest BCUT2D eigenvalue weighted by Gasteiger charge is 2.53. The van der Waals surface area contributed by atoms with Gasteiger partial charge in [-0.1, -0.05) is 182 Å². The minimum atomic E-state index is -0.515. The molecule has 2 heteroatoms. The zero-order valence-electron chi connectivity index (χ0n) is 35.1. The summed E-state index contributed by atoms with van der Waals surface area (Å²) >= 11 is 0. The third kappa shape index (κ3) is 3.75. The van der Waals surface area contributed by atoms with Gasteiger partial charge < -0.3 is 0 Å². The summed E-state index contributed by atoms with van der Waals surface area (Å²) in [6, 6.07) is 78.7. The van der Waals surface area contributed by atoms with E-state index in [2.05, 4.69) is 200 Å². The molecule has 298 valence electrons. The number of hydrogen-bond donors (Lipinski definition) is 0. The molecule has 4 aliphatic rings. The van der Waals surface area contributed by atoms with Crippen LogP contribution in [0.3, 0.4) is 0 Å². The largest absolute Gasteiger partial charge is 0.275 e. The van der Waals surface area contributed by atoms with E-state index in [0.717, 1.165) is 43.5 Å². The molecule has 2 aromatic heterocycles. The zero-order chi connectivity index (χ0) is 42.3.